The number of nitriles is 1. The zero-order valence-electron chi connectivity index (χ0n) is 13.2. The SMILES string of the molecule is CC1(C)Oc2ccc(C#N)cc2[C@H](NCc2ccccn2)[C@H]1O. The van der Waals surface area contributed by atoms with Crippen molar-refractivity contribution in [2.24, 2.45) is 0 Å². The van der Waals surface area contributed by atoms with Gasteiger partial charge in [-0.1, -0.05) is 6.07 Å². The van der Waals surface area contributed by atoms with Crippen LogP contribution in [0.25, 0.3) is 0 Å². The van der Waals surface area contributed by atoms with Crippen molar-refractivity contribution in [3.63, 3.8) is 0 Å². The third-order valence-electron chi connectivity index (χ3n) is 4.10. The molecule has 0 spiro atoms. The van der Waals surface area contributed by atoms with Gasteiger partial charge in [0.1, 0.15) is 17.5 Å². The topological polar surface area (TPSA) is 78.2 Å². The summed E-state index contributed by atoms with van der Waals surface area (Å²) in [5.74, 6) is 0.692. The summed E-state index contributed by atoms with van der Waals surface area (Å²) in [5, 5.41) is 23.2. The highest BCUT2D eigenvalue weighted by Crippen LogP contribution is 2.40. The maximum atomic E-state index is 10.7. The minimum Gasteiger partial charge on any atom is -0.485 e. The molecule has 2 atom stereocenters. The van der Waals surface area contributed by atoms with Gasteiger partial charge in [-0.15, -0.1) is 0 Å². The maximum Gasteiger partial charge on any atom is 0.131 e. The number of rotatable bonds is 3. The number of hydrogen-bond acceptors (Lipinski definition) is 5. The van der Waals surface area contributed by atoms with E-state index in [9.17, 15) is 5.11 Å². The van der Waals surface area contributed by atoms with E-state index in [0.717, 1.165) is 11.3 Å². The molecule has 23 heavy (non-hydrogen) atoms. The Kier molecular flexibility index (Phi) is 4.03. The fraction of sp³-hybridized carbons (Fsp3) is 0.333. The largest absolute Gasteiger partial charge is 0.485 e. The fourth-order valence-electron chi connectivity index (χ4n) is 2.81. The molecule has 2 heterocycles. The Balaban J connectivity index is 1.92. The van der Waals surface area contributed by atoms with Gasteiger partial charge in [-0.3, -0.25) is 4.98 Å². The molecule has 2 aromatic rings. The number of aromatic nitrogens is 1. The molecule has 5 heteroatoms. The van der Waals surface area contributed by atoms with Gasteiger partial charge in [0.2, 0.25) is 0 Å². The lowest BCUT2D eigenvalue weighted by Gasteiger charge is -2.42. The molecule has 0 aliphatic carbocycles. The molecule has 0 saturated carbocycles. The quantitative estimate of drug-likeness (QED) is 0.909. The van der Waals surface area contributed by atoms with Gasteiger partial charge in [0.25, 0.3) is 0 Å². The van der Waals surface area contributed by atoms with E-state index in [1.54, 1.807) is 24.4 Å². The lowest BCUT2D eigenvalue weighted by molar-refractivity contribution is -0.0649. The van der Waals surface area contributed by atoms with Gasteiger partial charge in [-0.25, -0.2) is 0 Å². The van der Waals surface area contributed by atoms with Gasteiger partial charge in [0.05, 0.1) is 23.4 Å². The van der Waals surface area contributed by atoms with Crippen LogP contribution < -0.4 is 10.1 Å². The minimum absolute atomic E-state index is 0.330. The highest BCUT2D eigenvalue weighted by molar-refractivity contribution is 5.46. The second kappa shape index (κ2) is 5.99. The fourth-order valence-corrected chi connectivity index (χ4v) is 2.81. The Labute approximate surface area is 135 Å². The third-order valence-corrected chi connectivity index (χ3v) is 4.10. The Morgan fingerprint density at radius 3 is 2.87 bits per heavy atom. The summed E-state index contributed by atoms with van der Waals surface area (Å²) >= 11 is 0. The van der Waals surface area contributed by atoms with E-state index in [2.05, 4.69) is 16.4 Å². The second-order valence-corrected chi connectivity index (χ2v) is 6.19. The average Bonchev–Trinajstić information content (AvgIpc) is 2.56. The van der Waals surface area contributed by atoms with Crippen LogP contribution in [0.3, 0.4) is 0 Å². The van der Waals surface area contributed by atoms with E-state index in [-0.39, 0.29) is 6.04 Å². The monoisotopic (exact) mass is 309 g/mol. The first-order valence-electron chi connectivity index (χ1n) is 7.56. The predicted molar refractivity (Wildman–Crippen MR) is 85.7 cm³/mol. The molecule has 0 fully saturated rings. The molecule has 0 saturated heterocycles. The van der Waals surface area contributed by atoms with E-state index >= 15 is 0 Å². The molecule has 0 unspecified atom stereocenters. The van der Waals surface area contributed by atoms with Gasteiger partial charge in [0.15, 0.2) is 0 Å². The number of nitrogens with zero attached hydrogens (tertiary/aromatic N) is 2. The zero-order valence-corrected chi connectivity index (χ0v) is 13.2. The van der Waals surface area contributed by atoms with Gasteiger partial charge < -0.3 is 15.2 Å². The summed E-state index contributed by atoms with van der Waals surface area (Å²) in [6, 6.07) is 12.8. The molecule has 1 aromatic carbocycles. The van der Waals surface area contributed by atoms with E-state index in [0.29, 0.717) is 17.9 Å². The first kappa shape index (κ1) is 15.5. The number of ether oxygens (including phenoxy) is 1. The van der Waals surface area contributed by atoms with Crippen molar-refractivity contribution in [3.8, 4) is 11.8 Å². The Hall–Kier alpha value is -2.42. The van der Waals surface area contributed by atoms with Gasteiger partial charge >= 0.3 is 0 Å². The molecule has 118 valence electrons. The summed E-state index contributed by atoms with van der Waals surface area (Å²) in [7, 11) is 0. The lowest BCUT2D eigenvalue weighted by atomic mass is 9.86. The summed E-state index contributed by atoms with van der Waals surface area (Å²) in [5.41, 5.74) is 1.51. The lowest BCUT2D eigenvalue weighted by Crippen LogP contribution is -2.52. The second-order valence-electron chi connectivity index (χ2n) is 6.19. The minimum atomic E-state index is -0.743. The van der Waals surface area contributed by atoms with E-state index in [1.807, 2.05) is 32.0 Å². The van der Waals surface area contributed by atoms with Gasteiger partial charge in [0, 0.05) is 18.3 Å². The molecule has 1 aliphatic rings. The zero-order chi connectivity index (χ0) is 16.4. The Bertz CT molecular complexity index is 738. The summed E-state index contributed by atoms with van der Waals surface area (Å²) < 4.78 is 5.90. The normalized spacial score (nSPS) is 21.8. The first-order valence-corrected chi connectivity index (χ1v) is 7.56. The van der Waals surface area contributed by atoms with Crippen LogP contribution >= 0.6 is 0 Å². The number of hydrogen-bond donors (Lipinski definition) is 2. The summed E-state index contributed by atoms with van der Waals surface area (Å²) in [4.78, 5) is 4.29. The Morgan fingerprint density at radius 1 is 1.35 bits per heavy atom. The molecule has 0 radical (unpaired) electrons. The molecular formula is C18H19N3O2. The van der Waals surface area contributed by atoms with Crippen molar-refractivity contribution in [3.05, 3.63) is 59.4 Å². The number of fused-ring (bicyclic) bond motifs is 1. The van der Waals surface area contributed by atoms with Gasteiger partial charge in [-0.05, 0) is 44.2 Å². The van der Waals surface area contributed by atoms with E-state index < -0.39 is 11.7 Å². The van der Waals surface area contributed by atoms with Crippen LogP contribution in [0.5, 0.6) is 5.75 Å². The smallest absolute Gasteiger partial charge is 0.131 e. The molecular weight excluding hydrogens is 290 g/mol. The molecule has 0 bridgehead atoms. The highest BCUT2D eigenvalue weighted by atomic mass is 16.5. The van der Waals surface area contributed by atoms with E-state index in [4.69, 9.17) is 10.00 Å². The number of nitrogens with one attached hydrogen (secondary N) is 1. The molecule has 3 rings (SSSR count). The highest BCUT2D eigenvalue weighted by Gasteiger charge is 2.42. The number of aliphatic hydroxyl groups is 1. The van der Waals surface area contributed by atoms with Crippen LogP contribution in [0, 0.1) is 11.3 Å². The van der Waals surface area contributed by atoms with Crippen LogP contribution in [0.2, 0.25) is 0 Å². The molecule has 5 nitrogen and oxygen atoms in total. The summed E-state index contributed by atoms with van der Waals surface area (Å²) in [6.07, 6.45) is 0.996. The van der Waals surface area contributed by atoms with Crippen LogP contribution in [-0.4, -0.2) is 21.8 Å². The number of benzene rings is 1. The molecule has 0 amide bonds. The van der Waals surface area contributed by atoms with Crippen molar-refractivity contribution in [1.29, 1.82) is 5.26 Å². The standard InChI is InChI=1S/C18H19N3O2/c1-18(2)17(22)16(21-11-13-5-3-4-8-20-13)14-9-12(10-19)6-7-15(14)23-18/h3-9,16-17,21-22H,11H2,1-2H3/t16-,17+/m0/s1. The third kappa shape index (κ3) is 3.04. The summed E-state index contributed by atoms with van der Waals surface area (Å²) in [6.45, 7) is 4.23. The van der Waals surface area contributed by atoms with Gasteiger partial charge in [-0.2, -0.15) is 5.26 Å². The van der Waals surface area contributed by atoms with Crippen LogP contribution in [0.1, 0.15) is 36.7 Å². The van der Waals surface area contributed by atoms with Crippen molar-refractivity contribution < 1.29 is 9.84 Å². The maximum absolute atomic E-state index is 10.7. The first-order chi connectivity index (χ1) is 11.0. The molecule has 2 N–H and O–H groups in total. The van der Waals surface area contributed by atoms with Crippen molar-refractivity contribution in [2.75, 3.05) is 0 Å². The van der Waals surface area contributed by atoms with Crippen molar-refractivity contribution in [1.82, 2.24) is 10.3 Å². The van der Waals surface area contributed by atoms with Crippen LogP contribution in [0.4, 0.5) is 0 Å². The molecule has 1 aliphatic heterocycles. The number of pyridine rings is 1. The van der Waals surface area contributed by atoms with E-state index in [1.165, 1.54) is 0 Å². The Morgan fingerprint density at radius 2 is 2.17 bits per heavy atom. The average molecular weight is 309 g/mol. The van der Waals surface area contributed by atoms with Crippen LogP contribution in [0.15, 0.2) is 42.6 Å². The van der Waals surface area contributed by atoms with Crippen molar-refractivity contribution in [2.45, 2.75) is 38.1 Å². The van der Waals surface area contributed by atoms with Crippen LogP contribution in [-0.2, 0) is 6.54 Å². The van der Waals surface area contributed by atoms with Crippen molar-refractivity contribution >= 4 is 0 Å². The number of aliphatic hydroxyl groups excluding tert-OH is 1. The predicted octanol–water partition coefficient (Wildman–Crippen LogP) is 2.32. The molecule has 1 aromatic heterocycles.